The summed E-state index contributed by atoms with van der Waals surface area (Å²) in [5, 5.41) is 11.6. The lowest BCUT2D eigenvalue weighted by atomic mass is 9.90. The van der Waals surface area contributed by atoms with Gasteiger partial charge in [-0.2, -0.15) is 0 Å². The maximum atomic E-state index is 12.3. The molecule has 3 atom stereocenters. The number of hydrogen-bond donors (Lipinski definition) is 2. The summed E-state index contributed by atoms with van der Waals surface area (Å²) in [5.41, 5.74) is 0. The maximum Gasteiger partial charge on any atom is 0.317 e. The number of rotatable bonds is 5. The van der Waals surface area contributed by atoms with Gasteiger partial charge in [0.15, 0.2) is 0 Å². The molecule has 0 bridgehead atoms. The monoisotopic (exact) mass is 298 g/mol. The molecule has 2 amide bonds. The number of fused-ring (bicyclic) bond motifs is 1. The number of carbonyl (C=O) groups is 2. The molecule has 0 radical (unpaired) electrons. The van der Waals surface area contributed by atoms with E-state index >= 15 is 0 Å². The molecule has 2 aliphatic rings. The number of amides is 2. The van der Waals surface area contributed by atoms with E-state index in [1.54, 1.807) is 0 Å². The van der Waals surface area contributed by atoms with Crippen LogP contribution in [-0.4, -0.2) is 53.8 Å². The zero-order chi connectivity index (χ0) is 15.2. The Balaban J connectivity index is 1.77. The van der Waals surface area contributed by atoms with Gasteiger partial charge in [0, 0.05) is 19.5 Å². The summed E-state index contributed by atoms with van der Waals surface area (Å²) in [6.07, 6.45) is 5.34. The van der Waals surface area contributed by atoms with Gasteiger partial charge in [0.05, 0.1) is 18.8 Å². The topological polar surface area (TPSA) is 78.9 Å². The van der Waals surface area contributed by atoms with Crippen LogP contribution >= 0.6 is 0 Å². The molecule has 6 nitrogen and oxygen atoms in total. The van der Waals surface area contributed by atoms with Gasteiger partial charge in [0.1, 0.15) is 0 Å². The van der Waals surface area contributed by atoms with E-state index in [0.29, 0.717) is 26.1 Å². The fraction of sp³-hybridized carbons (Fsp3) is 0.867. The van der Waals surface area contributed by atoms with Crippen LogP contribution in [-0.2, 0) is 9.53 Å². The number of urea groups is 1. The largest absolute Gasteiger partial charge is 0.481 e. The number of carboxylic acids is 1. The molecule has 2 N–H and O–H groups in total. The van der Waals surface area contributed by atoms with E-state index in [9.17, 15) is 9.59 Å². The van der Waals surface area contributed by atoms with Crippen LogP contribution in [0.5, 0.6) is 0 Å². The van der Waals surface area contributed by atoms with Crippen LogP contribution in [0.2, 0.25) is 0 Å². The van der Waals surface area contributed by atoms with Gasteiger partial charge < -0.3 is 20.1 Å². The number of hydrogen-bond acceptors (Lipinski definition) is 3. The van der Waals surface area contributed by atoms with Crippen LogP contribution in [0.15, 0.2) is 0 Å². The second-order valence-electron chi connectivity index (χ2n) is 6.18. The van der Waals surface area contributed by atoms with Gasteiger partial charge in [-0.25, -0.2) is 4.79 Å². The summed E-state index contributed by atoms with van der Waals surface area (Å²) in [6, 6.07) is 0.180. The van der Waals surface area contributed by atoms with E-state index in [-0.39, 0.29) is 30.5 Å². The van der Waals surface area contributed by atoms with E-state index in [4.69, 9.17) is 9.84 Å². The molecule has 0 aromatic carbocycles. The van der Waals surface area contributed by atoms with Gasteiger partial charge in [-0.05, 0) is 25.2 Å². The second-order valence-corrected chi connectivity index (χ2v) is 6.18. The molecule has 1 saturated carbocycles. The Morgan fingerprint density at radius 1 is 1.38 bits per heavy atom. The molecule has 0 aromatic rings. The number of ether oxygens (including phenoxy) is 1. The SMILES string of the molecule is CC(CCC(=O)O)CNC(=O)N1CCOC2CCCCC21. The average Bonchev–Trinajstić information content (AvgIpc) is 2.50. The van der Waals surface area contributed by atoms with E-state index < -0.39 is 5.97 Å². The minimum atomic E-state index is -0.786. The van der Waals surface area contributed by atoms with Crippen molar-refractivity contribution < 1.29 is 19.4 Å². The van der Waals surface area contributed by atoms with E-state index in [1.165, 1.54) is 6.42 Å². The lowest BCUT2D eigenvalue weighted by molar-refractivity contribution is -0.137. The normalized spacial score (nSPS) is 26.8. The van der Waals surface area contributed by atoms with Crippen LogP contribution in [0, 0.1) is 5.92 Å². The molecule has 0 aromatic heterocycles. The molecule has 3 unspecified atom stereocenters. The summed E-state index contributed by atoms with van der Waals surface area (Å²) in [5.74, 6) is -0.611. The first kappa shape index (κ1) is 16.1. The Labute approximate surface area is 125 Å². The predicted molar refractivity (Wildman–Crippen MR) is 78.1 cm³/mol. The molecule has 1 saturated heterocycles. The number of nitrogens with zero attached hydrogens (tertiary/aromatic N) is 1. The smallest absolute Gasteiger partial charge is 0.317 e. The Morgan fingerprint density at radius 3 is 2.90 bits per heavy atom. The van der Waals surface area contributed by atoms with Crippen molar-refractivity contribution in [1.29, 1.82) is 0 Å². The molecule has 1 aliphatic heterocycles. The van der Waals surface area contributed by atoms with Gasteiger partial charge >= 0.3 is 12.0 Å². The van der Waals surface area contributed by atoms with E-state index in [0.717, 1.165) is 19.3 Å². The lowest BCUT2D eigenvalue weighted by Crippen LogP contribution is -2.57. The molecule has 1 heterocycles. The number of carboxylic acid groups (broad SMARTS) is 1. The van der Waals surface area contributed by atoms with Crippen LogP contribution in [0.3, 0.4) is 0 Å². The lowest BCUT2D eigenvalue weighted by Gasteiger charge is -2.43. The molecular weight excluding hydrogens is 272 g/mol. The minimum Gasteiger partial charge on any atom is -0.481 e. The third-order valence-electron chi connectivity index (χ3n) is 4.45. The van der Waals surface area contributed by atoms with Gasteiger partial charge in [0.2, 0.25) is 0 Å². The molecule has 0 spiro atoms. The maximum absolute atomic E-state index is 12.3. The molecule has 1 aliphatic carbocycles. The van der Waals surface area contributed by atoms with Gasteiger partial charge in [-0.3, -0.25) is 4.79 Å². The van der Waals surface area contributed by atoms with Crippen molar-refractivity contribution in [3.8, 4) is 0 Å². The first-order valence-corrected chi connectivity index (χ1v) is 7.96. The number of morpholine rings is 1. The first-order valence-electron chi connectivity index (χ1n) is 7.96. The minimum absolute atomic E-state index is 0.0302. The molecular formula is C15H26N2O4. The highest BCUT2D eigenvalue weighted by molar-refractivity contribution is 5.74. The molecule has 120 valence electrons. The highest BCUT2D eigenvalue weighted by atomic mass is 16.5. The third kappa shape index (κ3) is 4.59. The van der Waals surface area contributed by atoms with Crippen molar-refractivity contribution >= 4 is 12.0 Å². The summed E-state index contributed by atoms with van der Waals surface area (Å²) in [6.45, 7) is 3.76. The summed E-state index contributed by atoms with van der Waals surface area (Å²) >= 11 is 0. The molecule has 21 heavy (non-hydrogen) atoms. The van der Waals surface area contributed by atoms with Crippen molar-refractivity contribution in [2.45, 2.75) is 57.6 Å². The van der Waals surface area contributed by atoms with Crippen molar-refractivity contribution in [3.63, 3.8) is 0 Å². The second kappa shape index (κ2) is 7.64. The number of aliphatic carboxylic acids is 1. The molecule has 2 rings (SSSR count). The third-order valence-corrected chi connectivity index (χ3v) is 4.45. The summed E-state index contributed by atoms with van der Waals surface area (Å²) in [4.78, 5) is 24.8. The standard InChI is InChI=1S/C15H26N2O4/c1-11(6-7-14(18)19)10-16-15(20)17-8-9-21-13-5-3-2-4-12(13)17/h11-13H,2-10H2,1H3,(H,16,20)(H,18,19). The Hall–Kier alpha value is -1.30. The Bertz CT molecular complexity index is 373. The van der Waals surface area contributed by atoms with Crippen LogP contribution in [0.4, 0.5) is 4.79 Å². The van der Waals surface area contributed by atoms with Crippen molar-refractivity contribution in [2.75, 3.05) is 19.7 Å². The van der Waals surface area contributed by atoms with Gasteiger partial charge in [-0.15, -0.1) is 0 Å². The fourth-order valence-electron chi connectivity index (χ4n) is 3.18. The van der Waals surface area contributed by atoms with Crippen molar-refractivity contribution in [3.05, 3.63) is 0 Å². The number of carbonyl (C=O) groups excluding carboxylic acids is 1. The number of nitrogens with one attached hydrogen (secondary N) is 1. The molecule has 6 heteroatoms. The van der Waals surface area contributed by atoms with Crippen LogP contribution < -0.4 is 5.32 Å². The van der Waals surface area contributed by atoms with Gasteiger partial charge in [-0.1, -0.05) is 19.8 Å². The van der Waals surface area contributed by atoms with E-state index in [1.807, 2.05) is 11.8 Å². The van der Waals surface area contributed by atoms with Gasteiger partial charge in [0.25, 0.3) is 0 Å². The van der Waals surface area contributed by atoms with E-state index in [2.05, 4.69) is 5.32 Å². The Morgan fingerprint density at radius 2 is 2.14 bits per heavy atom. The highest BCUT2D eigenvalue weighted by Gasteiger charge is 2.36. The quantitative estimate of drug-likeness (QED) is 0.811. The van der Waals surface area contributed by atoms with Crippen LogP contribution in [0.1, 0.15) is 45.4 Å². The zero-order valence-electron chi connectivity index (χ0n) is 12.7. The van der Waals surface area contributed by atoms with Crippen molar-refractivity contribution in [2.24, 2.45) is 5.92 Å². The Kier molecular flexibility index (Phi) is 5.85. The van der Waals surface area contributed by atoms with Crippen molar-refractivity contribution in [1.82, 2.24) is 10.2 Å². The summed E-state index contributed by atoms with van der Waals surface area (Å²) in [7, 11) is 0. The zero-order valence-corrected chi connectivity index (χ0v) is 12.7. The first-order chi connectivity index (χ1) is 10.1. The molecule has 2 fully saturated rings. The highest BCUT2D eigenvalue weighted by Crippen LogP contribution is 2.28. The fourth-order valence-corrected chi connectivity index (χ4v) is 3.18. The van der Waals surface area contributed by atoms with Crippen LogP contribution in [0.25, 0.3) is 0 Å². The average molecular weight is 298 g/mol. The summed E-state index contributed by atoms with van der Waals surface area (Å²) < 4.78 is 5.77. The predicted octanol–water partition coefficient (Wildman–Crippen LogP) is 1.84.